The third kappa shape index (κ3) is 5.02. The largest absolute Gasteiger partial charge is 0.472 e. The third-order valence-corrected chi connectivity index (χ3v) is 9.41. The van der Waals surface area contributed by atoms with Gasteiger partial charge in [-0.05, 0) is 0 Å². The molecule has 20 nitrogen and oxygen atoms in total. The summed E-state index contributed by atoms with van der Waals surface area (Å²) in [6.07, 6.45) is -7.59. The monoisotopic (exact) mass is 661 g/mol. The van der Waals surface area contributed by atoms with Crippen LogP contribution in [0.3, 0.4) is 0 Å². The lowest BCUT2D eigenvalue weighted by Gasteiger charge is -2.28. The number of hydrogen-bond donors (Lipinski definition) is 5. The van der Waals surface area contributed by atoms with Crippen LogP contribution in [0.4, 0.5) is 20.4 Å². The fraction of sp³-hybridized carbons (Fsp3) is 0.500. The highest BCUT2D eigenvalue weighted by Gasteiger charge is 2.54. The molecule has 236 valence electrons. The molecule has 24 heteroatoms. The summed E-state index contributed by atoms with van der Waals surface area (Å²) in [5.41, 5.74) is 12.1. The molecule has 0 aliphatic carbocycles. The molecule has 7 heterocycles. The number of hydrogen-bond acceptors (Lipinski definition) is 15. The molecule has 3 aliphatic rings. The minimum absolute atomic E-state index is 0.00795. The van der Waals surface area contributed by atoms with Crippen molar-refractivity contribution < 1.29 is 50.7 Å². The minimum Gasteiger partial charge on any atom is -0.382 e. The number of phosphoric acid groups is 1. The van der Waals surface area contributed by atoms with E-state index >= 15 is 8.78 Å². The van der Waals surface area contributed by atoms with Gasteiger partial charge in [0.15, 0.2) is 47.7 Å². The summed E-state index contributed by atoms with van der Waals surface area (Å²) < 4.78 is 87.0. The van der Waals surface area contributed by atoms with Gasteiger partial charge in [-0.3, -0.25) is 22.7 Å². The van der Waals surface area contributed by atoms with Crippen molar-refractivity contribution in [3.8, 4) is 0 Å². The average molecular weight is 661 g/mol. The first kappa shape index (κ1) is 29.4. The second-order valence-electron chi connectivity index (χ2n) is 9.99. The molecule has 7 rings (SSSR count). The molecule has 10 atom stereocenters. The molecule has 0 aromatic carbocycles. The van der Waals surface area contributed by atoms with Gasteiger partial charge in [0.1, 0.15) is 42.0 Å². The Labute approximate surface area is 243 Å². The Morgan fingerprint density at radius 3 is 1.98 bits per heavy atom. The van der Waals surface area contributed by atoms with Crippen molar-refractivity contribution in [3.63, 3.8) is 0 Å². The first-order chi connectivity index (χ1) is 20.9. The number of ether oxygens (including phenoxy) is 2. The van der Waals surface area contributed by atoms with Gasteiger partial charge in [0.05, 0.1) is 31.9 Å². The number of rotatable bonds is 2. The summed E-state index contributed by atoms with van der Waals surface area (Å²) in [5.74, 6) is 0.0233. The van der Waals surface area contributed by atoms with E-state index in [0.29, 0.717) is 0 Å². The van der Waals surface area contributed by atoms with Crippen LogP contribution in [0.5, 0.6) is 0 Å². The number of aromatic nitrogens is 8. The molecule has 7 N–H and O–H groups in total. The van der Waals surface area contributed by atoms with Crippen molar-refractivity contribution in [2.45, 2.75) is 49.2 Å². The summed E-state index contributed by atoms with van der Waals surface area (Å²) in [5, 5.41) is 2.17. The smallest absolute Gasteiger partial charge is 0.382 e. The van der Waals surface area contributed by atoms with Gasteiger partial charge in [0.2, 0.25) is 0 Å². The quantitative estimate of drug-likeness (QED) is 0.175. The van der Waals surface area contributed by atoms with E-state index in [1.165, 1.54) is 10.9 Å². The molecule has 4 aromatic rings. The molecule has 0 bridgehead atoms. The number of alkyl halides is 2. The summed E-state index contributed by atoms with van der Waals surface area (Å²) in [7, 11) is -9.97. The molecule has 0 radical (unpaired) electrons. The fourth-order valence-corrected chi connectivity index (χ4v) is 7.34. The van der Waals surface area contributed by atoms with Crippen LogP contribution < -0.4 is 16.6 Å². The van der Waals surface area contributed by atoms with E-state index in [2.05, 4.69) is 35.0 Å². The van der Waals surface area contributed by atoms with Crippen LogP contribution in [0.1, 0.15) is 12.5 Å². The Morgan fingerprint density at radius 2 is 1.36 bits per heavy atom. The second kappa shape index (κ2) is 10.7. The average Bonchev–Trinajstić information content (AvgIpc) is 3.73. The van der Waals surface area contributed by atoms with Crippen molar-refractivity contribution in [1.82, 2.24) is 44.1 Å². The van der Waals surface area contributed by atoms with E-state index in [1.54, 1.807) is 0 Å². The molecular weight excluding hydrogens is 638 g/mol. The Kier molecular flexibility index (Phi) is 7.12. The minimum atomic E-state index is -5.10. The van der Waals surface area contributed by atoms with Crippen LogP contribution in [-0.4, -0.2) is 98.7 Å². The Morgan fingerprint density at radius 1 is 0.818 bits per heavy atom. The maximum atomic E-state index is 15.9. The second-order valence-corrected chi connectivity index (χ2v) is 13.0. The molecule has 0 saturated carbocycles. The fourth-order valence-electron chi connectivity index (χ4n) is 5.28. The van der Waals surface area contributed by atoms with Crippen molar-refractivity contribution in [2.24, 2.45) is 0 Å². The molecule has 3 fully saturated rings. The predicted molar refractivity (Wildman–Crippen MR) is 140 cm³/mol. The van der Waals surface area contributed by atoms with E-state index in [4.69, 9.17) is 34.5 Å². The number of anilines is 2. The molecular formula is C20H23F2N11O9P2. The standard InChI is InChI=1S/C20H23F2N11O9P2/c21-9-11-7(40-19(9)32-5-29-12-15(23)25-3-27-17(12)32)1-39-44(36,37)42-14-8(2-38-43(34,35)31-11)41-20(10(14)22)33-6-30-13-16(24)26-4-28-18(13)33/h3-11,14,19-20H,1-2H2,(H,36,37)(H2,23,25,27)(H2,24,26,28)(H2,31,34,35)/t7-,8-,9-,10-,11-,14-,19-,20-/m1/s1. The summed E-state index contributed by atoms with van der Waals surface area (Å²) in [6, 6.07) is -1.63. The van der Waals surface area contributed by atoms with Crippen LogP contribution >= 0.6 is 15.6 Å². The lowest BCUT2D eigenvalue weighted by Crippen LogP contribution is -2.44. The maximum Gasteiger partial charge on any atom is 0.472 e. The van der Waals surface area contributed by atoms with Crippen LogP contribution in [0, 0.1) is 0 Å². The molecule has 0 spiro atoms. The van der Waals surface area contributed by atoms with Gasteiger partial charge in [-0.15, -0.1) is 0 Å². The number of fused-ring (bicyclic) bond motifs is 4. The highest BCUT2D eigenvalue weighted by Crippen LogP contribution is 2.52. The molecule has 44 heavy (non-hydrogen) atoms. The topological polar surface area (TPSA) is 272 Å². The number of nitrogens with one attached hydrogen (secondary N) is 1. The van der Waals surface area contributed by atoms with Crippen molar-refractivity contribution in [1.29, 1.82) is 0 Å². The number of halogens is 2. The van der Waals surface area contributed by atoms with E-state index in [9.17, 15) is 18.9 Å². The highest BCUT2D eigenvalue weighted by atomic mass is 31.2. The van der Waals surface area contributed by atoms with E-state index in [1.807, 2.05) is 0 Å². The predicted octanol–water partition coefficient (Wildman–Crippen LogP) is -0.107. The molecule has 4 aromatic heterocycles. The van der Waals surface area contributed by atoms with E-state index in [0.717, 1.165) is 23.5 Å². The van der Waals surface area contributed by atoms with E-state index < -0.39 is 77.9 Å². The van der Waals surface area contributed by atoms with Gasteiger partial charge in [-0.25, -0.2) is 52.9 Å². The Balaban J connectivity index is 1.17. The van der Waals surface area contributed by atoms with Crippen LogP contribution in [0.25, 0.3) is 22.3 Å². The molecule has 2 unspecified atom stereocenters. The Hall–Kier alpha value is -3.30. The lowest BCUT2D eigenvalue weighted by molar-refractivity contribution is -0.0520. The van der Waals surface area contributed by atoms with Crippen molar-refractivity contribution in [2.75, 3.05) is 24.7 Å². The van der Waals surface area contributed by atoms with Crippen molar-refractivity contribution in [3.05, 3.63) is 25.3 Å². The van der Waals surface area contributed by atoms with Crippen LogP contribution in [0.15, 0.2) is 25.3 Å². The zero-order valence-corrected chi connectivity index (χ0v) is 23.8. The normalized spacial score (nSPS) is 38.3. The molecule has 0 amide bonds. The third-order valence-electron chi connectivity index (χ3n) is 7.30. The summed E-state index contributed by atoms with van der Waals surface area (Å²) >= 11 is 0. The summed E-state index contributed by atoms with van der Waals surface area (Å²) in [4.78, 5) is 44.9. The van der Waals surface area contributed by atoms with Gasteiger partial charge in [0, 0.05) is 0 Å². The number of nitrogens with zero attached hydrogens (tertiary/aromatic N) is 8. The molecule has 3 saturated heterocycles. The summed E-state index contributed by atoms with van der Waals surface area (Å²) in [6.45, 7) is -1.68. The van der Waals surface area contributed by atoms with Gasteiger partial charge < -0.3 is 30.7 Å². The van der Waals surface area contributed by atoms with Gasteiger partial charge in [-0.1, -0.05) is 0 Å². The van der Waals surface area contributed by atoms with Crippen molar-refractivity contribution >= 4 is 49.5 Å². The SMILES string of the molecule is Nc1ncnc2c1ncn2[C@@H]1O[C@@H]2COP(=O)(O)O[C@H]3[C@@H](F)[C@H](n4cnc5c(N)ncnc54)O[C@@H]3COP(=O)(O)N[C@H]2[C@H]1F. The zero-order chi connectivity index (χ0) is 31.0. The zero-order valence-electron chi connectivity index (χ0n) is 22.0. The lowest BCUT2D eigenvalue weighted by atomic mass is 10.1. The number of nitrogens with two attached hydrogens (primary N) is 2. The van der Waals surface area contributed by atoms with Crippen LogP contribution in [0.2, 0.25) is 0 Å². The van der Waals surface area contributed by atoms with E-state index in [-0.39, 0.29) is 34.0 Å². The highest BCUT2D eigenvalue weighted by molar-refractivity contribution is 7.50. The van der Waals surface area contributed by atoms with Gasteiger partial charge >= 0.3 is 15.6 Å². The number of imidazole rings is 2. The molecule has 3 aliphatic heterocycles. The van der Waals surface area contributed by atoms with Gasteiger partial charge in [0.25, 0.3) is 0 Å². The number of nitrogen functional groups attached to an aromatic ring is 2. The Bertz CT molecular complexity index is 1700. The first-order valence-electron chi connectivity index (χ1n) is 12.8. The van der Waals surface area contributed by atoms with Crippen LogP contribution in [-0.2, 0) is 32.2 Å². The van der Waals surface area contributed by atoms with Gasteiger partial charge in [-0.2, -0.15) is 0 Å². The maximum absolute atomic E-state index is 15.9. The number of phosphoric ester groups is 1. The first-order valence-corrected chi connectivity index (χ1v) is 15.9.